The molecule has 0 aliphatic carbocycles. The minimum Gasteiger partial charge on any atom is -0.310 e. The number of hydrogen-bond donors (Lipinski definition) is 0. The third kappa shape index (κ3) is 6.03. The van der Waals surface area contributed by atoms with Crippen LogP contribution in [0.15, 0.2) is 231 Å². The molecule has 282 valence electrons. The maximum absolute atomic E-state index is 2.35. The van der Waals surface area contributed by atoms with Crippen LogP contribution in [0.1, 0.15) is 5.56 Å². The zero-order valence-electron chi connectivity index (χ0n) is 33.4. The molecule has 0 bridgehead atoms. The predicted octanol–water partition coefficient (Wildman–Crippen LogP) is 16.7. The van der Waals surface area contributed by atoms with Gasteiger partial charge in [-0.2, -0.15) is 0 Å². The second kappa shape index (κ2) is 14.9. The highest BCUT2D eigenvalue weighted by molar-refractivity contribution is 6.23. The molecule has 0 unspecified atom stereocenters. The van der Waals surface area contributed by atoms with Crippen molar-refractivity contribution in [1.82, 2.24) is 0 Å². The molecule has 0 aromatic heterocycles. The summed E-state index contributed by atoms with van der Waals surface area (Å²) in [4.78, 5) is 2.34. The highest BCUT2D eigenvalue weighted by atomic mass is 15.1. The summed E-state index contributed by atoms with van der Waals surface area (Å²) in [6.07, 6.45) is 0. The molecule has 0 atom stereocenters. The van der Waals surface area contributed by atoms with Gasteiger partial charge in [-0.1, -0.05) is 200 Å². The van der Waals surface area contributed by atoms with Crippen molar-refractivity contribution in [3.8, 4) is 44.5 Å². The van der Waals surface area contributed by atoms with Crippen molar-refractivity contribution < 1.29 is 0 Å². The first kappa shape index (κ1) is 35.4. The molecular formula is C59H41N. The van der Waals surface area contributed by atoms with Crippen LogP contribution in [-0.4, -0.2) is 0 Å². The van der Waals surface area contributed by atoms with E-state index in [4.69, 9.17) is 0 Å². The topological polar surface area (TPSA) is 3.24 Å². The molecule has 0 fully saturated rings. The summed E-state index contributed by atoms with van der Waals surface area (Å²) >= 11 is 0. The number of nitrogens with zero attached hydrogens (tertiary/aromatic N) is 1. The molecule has 0 saturated carbocycles. The van der Waals surface area contributed by atoms with E-state index in [0.29, 0.717) is 0 Å². The summed E-state index contributed by atoms with van der Waals surface area (Å²) in [5.74, 6) is 0. The standard InChI is InChI=1S/C59H41N/c1-40-18-16-19-43(38-40)58-52-30-12-8-26-48(52)56(49-27-9-13-31-53(49)58)41-34-36-42(37-35-41)57-50-28-10-14-32-54(50)59(55-33-15-11-29-51(55)57)44-20-17-25-47(39-44)60(45-21-4-2-5-22-45)46-23-6-3-7-24-46/h2-39H,1H3. The lowest BCUT2D eigenvalue weighted by atomic mass is 9.84. The first-order valence-electron chi connectivity index (χ1n) is 20.8. The average molecular weight is 764 g/mol. The van der Waals surface area contributed by atoms with Gasteiger partial charge < -0.3 is 4.90 Å². The summed E-state index contributed by atoms with van der Waals surface area (Å²) in [5, 5.41) is 10.0. The summed E-state index contributed by atoms with van der Waals surface area (Å²) in [7, 11) is 0. The summed E-state index contributed by atoms with van der Waals surface area (Å²) < 4.78 is 0. The summed E-state index contributed by atoms with van der Waals surface area (Å²) in [6.45, 7) is 2.17. The van der Waals surface area contributed by atoms with Crippen LogP contribution in [0.3, 0.4) is 0 Å². The maximum Gasteiger partial charge on any atom is 0.0467 e. The Morgan fingerprint density at radius 3 is 0.900 bits per heavy atom. The minimum absolute atomic E-state index is 1.12. The maximum atomic E-state index is 2.35. The van der Waals surface area contributed by atoms with E-state index in [0.717, 1.165) is 17.1 Å². The van der Waals surface area contributed by atoms with Crippen molar-refractivity contribution >= 4 is 60.2 Å². The Kier molecular flexibility index (Phi) is 8.79. The zero-order chi connectivity index (χ0) is 40.0. The van der Waals surface area contributed by atoms with E-state index in [1.54, 1.807) is 0 Å². The lowest BCUT2D eigenvalue weighted by molar-refractivity contribution is 1.28. The lowest BCUT2D eigenvalue weighted by Gasteiger charge is -2.26. The predicted molar refractivity (Wildman–Crippen MR) is 258 cm³/mol. The van der Waals surface area contributed by atoms with Crippen LogP contribution in [0.5, 0.6) is 0 Å². The minimum atomic E-state index is 1.12. The van der Waals surface area contributed by atoms with Gasteiger partial charge in [-0.3, -0.25) is 0 Å². The molecule has 0 aliphatic rings. The second-order valence-corrected chi connectivity index (χ2v) is 15.7. The van der Waals surface area contributed by atoms with Crippen LogP contribution < -0.4 is 4.90 Å². The number of fused-ring (bicyclic) bond motifs is 4. The number of benzene rings is 11. The fourth-order valence-corrected chi connectivity index (χ4v) is 9.51. The summed E-state index contributed by atoms with van der Waals surface area (Å²) in [5.41, 5.74) is 14.6. The third-order valence-corrected chi connectivity index (χ3v) is 12.1. The first-order chi connectivity index (χ1) is 29.7. The molecule has 0 radical (unpaired) electrons. The van der Waals surface area contributed by atoms with Crippen molar-refractivity contribution in [2.45, 2.75) is 6.92 Å². The smallest absolute Gasteiger partial charge is 0.0467 e. The van der Waals surface area contributed by atoms with E-state index in [-0.39, 0.29) is 0 Å². The zero-order valence-corrected chi connectivity index (χ0v) is 33.4. The molecule has 0 amide bonds. The molecule has 0 heterocycles. The SMILES string of the molecule is Cc1cccc(-c2c3ccccc3c(-c3ccc(-c4c5ccccc5c(-c5cccc(N(c6ccccc6)c6ccccc6)c5)c5ccccc45)cc3)c3ccccc23)c1. The molecule has 0 spiro atoms. The molecule has 11 aromatic rings. The van der Waals surface area contributed by atoms with Gasteiger partial charge in [0.25, 0.3) is 0 Å². The number of hydrogen-bond acceptors (Lipinski definition) is 1. The van der Waals surface area contributed by atoms with Crippen LogP contribution in [0.2, 0.25) is 0 Å². The van der Waals surface area contributed by atoms with Gasteiger partial charge in [-0.05, 0) is 131 Å². The van der Waals surface area contributed by atoms with E-state index < -0.39 is 0 Å². The van der Waals surface area contributed by atoms with E-state index in [9.17, 15) is 0 Å². The Labute approximate surface area is 351 Å². The average Bonchev–Trinajstić information content (AvgIpc) is 3.31. The lowest BCUT2D eigenvalue weighted by Crippen LogP contribution is -2.09. The fourth-order valence-electron chi connectivity index (χ4n) is 9.51. The van der Waals surface area contributed by atoms with Gasteiger partial charge in [0, 0.05) is 17.1 Å². The van der Waals surface area contributed by atoms with E-state index in [2.05, 4.69) is 242 Å². The Hall–Kier alpha value is -7.74. The van der Waals surface area contributed by atoms with Crippen LogP contribution in [0.4, 0.5) is 17.1 Å². The molecule has 0 N–H and O–H groups in total. The van der Waals surface area contributed by atoms with Crippen molar-refractivity contribution in [1.29, 1.82) is 0 Å². The van der Waals surface area contributed by atoms with Gasteiger partial charge in [0.05, 0.1) is 0 Å². The quantitative estimate of drug-likeness (QED) is 0.146. The fraction of sp³-hybridized carbons (Fsp3) is 0.0169. The molecule has 11 aromatic carbocycles. The van der Waals surface area contributed by atoms with Gasteiger partial charge in [0.15, 0.2) is 0 Å². The number of rotatable bonds is 7. The Balaban J connectivity index is 1.08. The van der Waals surface area contributed by atoms with Crippen molar-refractivity contribution in [3.63, 3.8) is 0 Å². The second-order valence-electron chi connectivity index (χ2n) is 15.7. The molecule has 1 nitrogen and oxygen atoms in total. The first-order valence-corrected chi connectivity index (χ1v) is 20.8. The van der Waals surface area contributed by atoms with Gasteiger partial charge in [0.1, 0.15) is 0 Å². The Morgan fingerprint density at radius 2 is 0.533 bits per heavy atom. The van der Waals surface area contributed by atoms with Gasteiger partial charge >= 0.3 is 0 Å². The van der Waals surface area contributed by atoms with Gasteiger partial charge in [-0.15, -0.1) is 0 Å². The van der Waals surface area contributed by atoms with Crippen molar-refractivity contribution in [2.24, 2.45) is 0 Å². The normalized spacial score (nSPS) is 11.4. The van der Waals surface area contributed by atoms with Crippen molar-refractivity contribution in [2.75, 3.05) is 4.90 Å². The molecule has 1 heteroatoms. The highest BCUT2D eigenvalue weighted by Gasteiger charge is 2.20. The van der Waals surface area contributed by atoms with Crippen LogP contribution in [0.25, 0.3) is 87.6 Å². The van der Waals surface area contributed by atoms with Crippen molar-refractivity contribution in [3.05, 3.63) is 236 Å². The Morgan fingerprint density at radius 1 is 0.233 bits per heavy atom. The largest absolute Gasteiger partial charge is 0.310 e. The van der Waals surface area contributed by atoms with Crippen LogP contribution in [0, 0.1) is 6.92 Å². The van der Waals surface area contributed by atoms with Crippen LogP contribution >= 0.6 is 0 Å². The van der Waals surface area contributed by atoms with E-state index >= 15 is 0 Å². The van der Waals surface area contributed by atoms with Gasteiger partial charge in [-0.25, -0.2) is 0 Å². The van der Waals surface area contributed by atoms with Crippen LogP contribution in [-0.2, 0) is 0 Å². The number of para-hydroxylation sites is 2. The molecular weight excluding hydrogens is 723 g/mol. The number of aryl methyl sites for hydroxylation is 1. The molecule has 0 saturated heterocycles. The third-order valence-electron chi connectivity index (χ3n) is 12.1. The highest BCUT2D eigenvalue weighted by Crippen LogP contribution is 2.47. The molecule has 11 rings (SSSR count). The summed E-state index contributed by atoms with van der Waals surface area (Å²) in [6, 6.07) is 84.2. The Bertz CT molecular complexity index is 3210. The van der Waals surface area contributed by atoms with E-state index in [1.807, 2.05) is 0 Å². The van der Waals surface area contributed by atoms with Gasteiger partial charge in [0.2, 0.25) is 0 Å². The molecule has 0 aliphatic heterocycles. The molecule has 60 heavy (non-hydrogen) atoms. The number of anilines is 3. The van der Waals surface area contributed by atoms with E-state index in [1.165, 1.54) is 93.2 Å². The monoisotopic (exact) mass is 763 g/mol.